The van der Waals surface area contributed by atoms with Crippen molar-refractivity contribution in [3.05, 3.63) is 29.8 Å². The van der Waals surface area contributed by atoms with Crippen molar-refractivity contribution in [3.8, 4) is 11.8 Å². The summed E-state index contributed by atoms with van der Waals surface area (Å²) in [6.45, 7) is 2.37. The summed E-state index contributed by atoms with van der Waals surface area (Å²) in [5.74, 6) is 0.832. The monoisotopic (exact) mass is 317 g/mol. The first-order valence-electron chi connectivity index (χ1n) is 7.87. The molecule has 0 saturated carbocycles. The number of β-amino-alcohol motifs (C(OH)–C–C–N with tert-alkyl or cyclic N) is 1. The predicted octanol–water partition coefficient (Wildman–Crippen LogP) is 0.756. The molecular weight excluding hydrogens is 294 g/mol. The number of carbonyl (C=O) groups is 1. The zero-order valence-corrected chi connectivity index (χ0v) is 13.4. The van der Waals surface area contributed by atoms with E-state index >= 15 is 0 Å². The molecular formula is C17H23N3O3. The molecule has 1 saturated heterocycles. The number of amides is 1. The number of aliphatic hydroxyl groups excluding tert-OH is 1. The second-order valence-electron chi connectivity index (χ2n) is 5.79. The highest BCUT2D eigenvalue weighted by Crippen LogP contribution is 2.17. The molecule has 23 heavy (non-hydrogen) atoms. The molecule has 1 aliphatic rings. The van der Waals surface area contributed by atoms with Gasteiger partial charge in [-0.3, -0.25) is 4.79 Å². The molecule has 0 aromatic heterocycles. The lowest BCUT2D eigenvalue weighted by Crippen LogP contribution is -2.43. The molecule has 6 nitrogen and oxygen atoms in total. The number of nitriles is 1. The number of benzene rings is 1. The average Bonchev–Trinajstić information content (AvgIpc) is 2.60. The number of aliphatic hydroxyl groups is 1. The standard InChI is InChI=1S/C17H23N3O3/c1-19-17(22)14-6-8-20(9-7-14)11-15(21)12-23-16-4-2-13(10-18)3-5-16/h2-5,14-15,21H,6-9,11-12H2,1H3,(H,19,22)/t15-/m1/s1. The Balaban J connectivity index is 1.70. The molecule has 1 fully saturated rings. The molecule has 1 heterocycles. The van der Waals surface area contributed by atoms with Crippen molar-refractivity contribution in [2.24, 2.45) is 5.92 Å². The molecule has 124 valence electrons. The van der Waals surface area contributed by atoms with Crippen LogP contribution in [0, 0.1) is 17.2 Å². The summed E-state index contributed by atoms with van der Waals surface area (Å²) >= 11 is 0. The van der Waals surface area contributed by atoms with E-state index < -0.39 is 6.10 Å². The van der Waals surface area contributed by atoms with Crippen LogP contribution in [0.2, 0.25) is 0 Å². The molecule has 1 aromatic carbocycles. The lowest BCUT2D eigenvalue weighted by molar-refractivity contribution is -0.126. The first-order chi connectivity index (χ1) is 11.1. The molecule has 0 unspecified atom stereocenters. The van der Waals surface area contributed by atoms with Crippen LogP contribution in [-0.2, 0) is 4.79 Å². The van der Waals surface area contributed by atoms with Gasteiger partial charge in [0.2, 0.25) is 5.91 Å². The maximum absolute atomic E-state index is 11.6. The Morgan fingerprint density at radius 3 is 2.65 bits per heavy atom. The van der Waals surface area contributed by atoms with Gasteiger partial charge in [0, 0.05) is 19.5 Å². The third-order valence-corrected chi connectivity index (χ3v) is 4.10. The second-order valence-corrected chi connectivity index (χ2v) is 5.79. The number of nitrogens with zero attached hydrogens (tertiary/aromatic N) is 2. The molecule has 6 heteroatoms. The molecule has 1 aromatic rings. The largest absolute Gasteiger partial charge is 0.491 e. The van der Waals surface area contributed by atoms with E-state index in [9.17, 15) is 9.90 Å². The Hall–Kier alpha value is -2.10. The minimum Gasteiger partial charge on any atom is -0.491 e. The highest BCUT2D eigenvalue weighted by molar-refractivity contribution is 5.78. The fourth-order valence-electron chi connectivity index (χ4n) is 2.75. The normalized spacial score (nSPS) is 17.3. The first kappa shape index (κ1) is 17.3. The fourth-order valence-corrected chi connectivity index (χ4v) is 2.75. The van der Waals surface area contributed by atoms with Gasteiger partial charge >= 0.3 is 0 Å². The number of piperidine rings is 1. The quantitative estimate of drug-likeness (QED) is 0.809. The van der Waals surface area contributed by atoms with Gasteiger partial charge in [-0.25, -0.2) is 0 Å². The molecule has 0 spiro atoms. The molecule has 2 rings (SSSR count). The Labute approximate surface area is 136 Å². The Bertz CT molecular complexity index is 545. The minimum atomic E-state index is -0.581. The van der Waals surface area contributed by atoms with Gasteiger partial charge < -0.3 is 20.1 Å². The highest BCUT2D eigenvalue weighted by Gasteiger charge is 2.25. The van der Waals surface area contributed by atoms with E-state index in [0.717, 1.165) is 25.9 Å². The SMILES string of the molecule is CNC(=O)C1CCN(C[C@@H](O)COc2ccc(C#N)cc2)CC1. The van der Waals surface area contributed by atoms with Gasteiger partial charge in [0.15, 0.2) is 0 Å². The average molecular weight is 317 g/mol. The number of hydrogen-bond acceptors (Lipinski definition) is 5. The van der Waals surface area contributed by atoms with Crippen molar-refractivity contribution in [1.29, 1.82) is 5.26 Å². The smallest absolute Gasteiger partial charge is 0.222 e. The molecule has 2 N–H and O–H groups in total. The molecule has 0 bridgehead atoms. The first-order valence-corrected chi connectivity index (χ1v) is 7.87. The van der Waals surface area contributed by atoms with Gasteiger partial charge in [-0.2, -0.15) is 5.26 Å². The second kappa shape index (κ2) is 8.51. The van der Waals surface area contributed by atoms with Crippen molar-refractivity contribution < 1.29 is 14.6 Å². The van der Waals surface area contributed by atoms with Gasteiger partial charge in [0.25, 0.3) is 0 Å². The Kier molecular flexibility index (Phi) is 6.39. The summed E-state index contributed by atoms with van der Waals surface area (Å²) in [7, 11) is 1.67. The molecule has 0 radical (unpaired) electrons. The summed E-state index contributed by atoms with van der Waals surface area (Å²) in [5.41, 5.74) is 0.580. The fraction of sp³-hybridized carbons (Fsp3) is 0.529. The van der Waals surface area contributed by atoms with E-state index in [0.29, 0.717) is 17.9 Å². The number of carbonyl (C=O) groups excluding carboxylic acids is 1. The number of ether oxygens (including phenoxy) is 1. The maximum atomic E-state index is 11.6. The van der Waals surface area contributed by atoms with Crippen molar-refractivity contribution >= 4 is 5.91 Å². The van der Waals surface area contributed by atoms with Crippen LogP contribution in [0.1, 0.15) is 18.4 Å². The van der Waals surface area contributed by atoms with Crippen LogP contribution in [0.3, 0.4) is 0 Å². The van der Waals surface area contributed by atoms with Crippen LogP contribution in [0.25, 0.3) is 0 Å². The third kappa shape index (κ3) is 5.23. The Morgan fingerprint density at radius 2 is 2.09 bits per heavy atom. The van der Waals surface area contributed by atoms with Crippen LogP contribution >= 0.6 is 0 Å². The highest BCUT2D eigenvalue weighted by atomic mass is 16.5. The van der Waals surface area contributed by atoms with Gasteiger partial charge in [-0.05, 0) is 50.2 Å². The summed E-state index contributed by atoms with van der Waals surface area (Å²) in [5, 5.41) is 21.5. The van der Waals surface area contributed by atoms with Crippen LogP contribution < -0.4 is 10.1 Å². The number of hydrogen-bond donors (Lipinski definition) is 2. The van der Waals surface area contributed by atoms with E-state index in [1.165, 1.54) is 0 Å². The minimum absolute atomic E-state index is 0.0864. The van der Waals surface area contributed by atoms with E-state index in [1.807, 2.05) is 6.07 Å². The van der Waals surface area contributed by atoms with Gasteiger partial charge in [0.1, 0.15) is 18.5 Å². The van der Waals surface area contributed by atoms with E-state index in [4.69, 9.17) is 10.00 Å². The maximum Gasteiger partial charge on any atom is 0.222 e. The van der Waals surface area contributed by atoms with Crippen molar-refractivity contribution in [2.75, 3.05) is 33.3 Å². The Morgan fingerprint density at radius 1 is 1.43 bits per heavy atom. The van der Waals surface area contributed by atoms with Crippen LogP contribution in [0.15, 0.2) is 24.3 Å². The van der Waals surface area contributed by atoms with Crippen LogP contribution in [0.5, 0.6) is 5.75 Å². The zero-order chi connectivity index (χ0) is 16.7. The number of nitrogens with one attached hydrogen (secondary N) is 1. The summed E-state index contributed by atoms with van der Waals surface area (Å²) in [4.78, 5) is 13.7. The van der Waals surface area contributed by atoms with Crippen molar-refractivity contribution in [1.82, 2.24) is 10.2 Å². The van der Waals surface area contributed by atoms with Crippen LogP contribution in [-0.4, -0.2) is 55.3 Å². The van der Waals surface area contributed by atoms with E-state index in [-0.39, 0.29) is 18.4 Å². The summed E-state index contributed by atoms with van der Waals surface area (Å²) in [6.07, 6.45) is 1.06. The number of likely N-dealkylation sites (tertiary alicyclic amines) is 1. The predicted molar refractivity (Wildman–Crippen MR) is 85.9 cm³/mol. The van der Waals surface area contributed by atoms with Gasteiger partial charge in [-0.1, -0.05) is 0 Å². The van der Waals surface area contributed by atoms with E-state index in [2.05, 4.69) is 10.2 Å². The lowest BCUT2D eigenvalue weighted by atomic mass is 9.96. The van der Waals surface area contributed by atoms with E-state index in [1.54, 1.807) is 31.3 Å². The molecule has 1 atom stereocenters. The van der Waals surface area contributed by atoms with Crippen LogP contribution in [0.4, 0.5) is 0 Å². The van der Waals surface area contributed by atoms with Crippen molar-refractivity contribution in [2.45, 2.75) is 18.9 Å². The van der Waals surface area contributed by atoms with Crippen molar-refractivity contribution in [3.63, 3.8) is 0 Å². The summed E-state index contributed by atoms with van der Waals surface area (Å²) < 4.78 is 5.54. The molecule has 1 amide bonds. The molecule has 1 aliphatic heterocycles. The zero-order valence-electron chi connectivity index (χ0n) is 13.4. The number of rotatable bonds is 6. The lowest BCUT2D eigenvalue weighted by Gasteiger charge is -2.32. The third-order valence-electron chi connectivity index (χ3n) is 4.10. The van der Waals surface area contributed by atoms with Gasteiger partial charge in [0.05, 0.1) is 11.6 Å². The topological polar surface area (TPSA) is 85.6 Å². The summed E-state index contributed by atoms with van der Waals surface area (Å²) in [6, 6.07) is 8.87. The molecule has 0 aliphatic carbocycles. The van der Waals surface area contributed by atoms with Gasteiger partial charge in [-0.15, -0.1) is 0 Å².